The van der Waals surface area contributed by atoms with E-state index in [1.165, 1.54) is 7.05 Å². The van der Waals surface area contributed by atoms with Gasteiger partial charge < -0.3 is 0 Å². The van der Waals surface area contributed by atoms with Crippen molar-refractivity contribution in [2.75, 3.05) is 7.05 Å². The molecule has 0 aliphatic heterocycles. The fourth-order valence-corrected chi connectivity index (χ4v) is 1.78. The zero-order valence-corrected chi connectivity index (χ0v) is 11.3. The highest BCUT2D eigenvalue weighted by atomic mass is 32.2. The molecule has 1 aromatic rings. The number of amides is 1. The summed E-state index contributed by atoms with van der Waals surface area (Å²) in [6.07, 6.45) is 2.10. The van der Waals surface area contributed by atoms with Gasteiger partial charge in [-0.15, -0.1) is 4.33 Å². The van der Waals surface area contributed by atoms with Crippen molar-refractivity contribution in [3.05, 3.63) is 30.3 Å². The Bertz CT molecular complexity index is 396. The molecule has 0 aromatic heterocycles. The molecule has 1 unspecified atom stereocenters. The van der Waals surface area contributed by atoms with Crippen molar-refractivity contribution in [3.63, 3.8) is 0 Å². The van der Waals surface area contributed by atoms with Crippen molar-refractivity contribution in [1.29, 1.82) is 0 Å². The Kier molecular flexibility index (Phi) is 6.56. The van der Waals surface area contributed by atoms with E-state index in [2.05, 4.69) is 4.33 Å². The number of rotatable bonds is 7. The van der Waals surface area contributed by atoms with Crippen molar-refractivity contribution >= 4 is 17.0 Å². The average Bonchev–Trinajstić information content (AvgIpc) is 2.42. The Hall–Kier alpha value is -1.24. The summed E-state index contributed by atoms with van der Waals surface area (Å²) in [6.45, 7) is 2.00. The number of carbonyl (C=O) groups excluding carboxylic acids is 1. The monoisotopic (exact) mass is 271 g/mol. The van der Waals surface area contributed by atoms with Gasteiger partial charge in [0.05, 0.1) is 4.90 Å². The lowest BCUT2D eigenvalue weighted by molar-refractivity contribution is -0.337. The molecule has 0 radical (unpaired) electrons. The summed E-state index contributed by atoms with van der Waals surface area (Å²) in [6, 6.07) is 8.60. The molecule has 0 aliphatic rings. The second-order valence-electron chi connectivity index (χ2n) is 3.69. The van der Waals surface area contributed by atoms with Gasteiger partial charge >= 0.3 is 0 Å². The van der Waals surface area contributed by atoms with Gasteiger partial charge in [-0.3, -0.25) is 4.79 Å². The molecule has 0 saturated heterocycles. The van der Waals surface area contributed by atoms with E-state index in [9.17, 15) is 9.00 Å². The highest BCUT2D eigenvalue weighted by Gasteiger charge is 2.12. The van der Waals surface area contributed by atoms with Crippen LogP contribution in [0, 0.1) is 0 Å². The minimum atomic E-state index is -1.74. The third-order valence-electron chi connectivity index (χ3n) is 2.24. The Labute approximate surface area is 109 Å². The molecular formula is C12H17NO4S. The molecule has 0 saturated carbocycles. The summed E-state index contributed by atoms with van der Waals surface area (Å²) in [5.74, 6) is -0.207. The van der Waals surface area contributed by atoms with E-state index >= 15 is 0 Å². The highest BCUT2D eigenvalue weighted by molar-refractivity contribution is 7.80. The summed E-state index contributed by atoms with van der Waals surface area (Å²) in [7, 11) is 1.43. The van der Waals surface area contributed by atoms with Crippen molar-refractivity contribution in [2.45, 2.75) is 31.1 Å². The number of unbranched alkanes of at least 4 members (excludes halogenated alkanes) is 1. The first-order valence-electron chi connectivity index (χ1n) is 5.73. The van der Waals surface area contributed by atoms with Gasteiger partial charge in [0.25, 0.3) is 0 Å². The number of hydroxylamine groups is 2. The van der Waals surface area contributed by atoms with Crippen molar-refractivity contribution < 1.29 is 18.3 Å². The summed E-state index contributed by atoms with van der Waals surface area (Å²) in [4.78, 5) is 16.7. The molecule has 0 heterocycles. The summed E-state index contributed by atoms with van der Waals surface area (Å²) in [5.41, 5.74) is 0. The first-order valence-corrected chi connectivity index (χ1v) is 6.81. The first kappa shape index (κ1) is 14.8. The van der Waals surface area contributed by atoms with Crippen LogP contribution in [0.5, 0.6) is 0 Å². The quantitative estimate of drug-likeness (QED) is 0.563. The predicted octanol–water partition coefficient (Wildman–Crippen LogP) is 2.22. The van der Waals surface area contributed by atoms with E-state index in [0.29, 0.717) is 11.3 Å². The normalized spacial score (nSPS) is 12.1. The van der Waals surface area contributed by atoms with Crippen LogP contribution in [0.4, 0.5) is 0 Å². The van der Waals surface area contributed by atoms with Gasteiger partial charge in [-0.2, -0.15) is 5.06 Å². The minimum absolute atomic E-state index is 0.207. The smallest absolute Gasteiger partial charge is 0.248 e. The van der Waals surface area contributed by atoms with Crippen LogP contribution in [-0.4, -0.2) is 22.2 Å². The molecule has 0 fully saturated rings. The zero-order chi connectivity index (χ0) is 13.4. The largest absolute Gasteiger partial charge is 0.273 e. The van der Waals surface area contributed by atoms with Crippen molar-refractivity contribution in [2.24, 2.45) is 0 Å². The Morgan fingerprint density at radius 3 is 2.61 bits per heavy atom. The molecule has 6 heteroatoms. The van der Waals surface area contributed by atoms with Gasteiger partial charge in [0.2, 0.25) is 17.0 Å². The van der Waals surface area contributed by atoms with Crippen LogP contribution in [0.15, 0.2) is 35.2 Å². The van der Waals surface area contributed by atoms with E-state index in [1.54, 1.807) is 24.3 Å². The van der Waals surface area contributed by atoms with E-state index in [4.69, 9.17) is 4.99 Å². The summed E-state index contributed by atoms with van der Waals surface area (Å²) >= 11 is -1.74. The van der Waals surface area contributed by atoms with Crippen LogP contribution in [0.2, 0.25) is 0 Å². The first-order chi connectivity index (χ1) is 8.65. The predicted molar refractivity (Wildman–Crippen MR) is 67.3 cm³/mol. The lowest BCUT2D eigenvalue weighted by Crippen LogP contribution is -2.27. The van der Waals surface area contributed by atoms with Gasteiger partial charge in [-0.25, -0.2) is 4.21 Å². The van der Waals surface area contributed by atoms with Gasteiger partial charge in [0.15, 0.2) is 0 Å². The molecule has 1 amide bonds. The SMILES string of the molecule is CCCCC(=O)N(C)OOS(=O)c1ccccc1. The fraction of sp³-hybridized carbons (Fsp3) is 0.417. The molecule has 0 bridgehead atoms. The van der Waals surface area contributed by atoms with Crippen LogP contribution in [0.3, 0.4) is 0 Å². The Balaban J connectivity index is 2.36. The fourth-order valence-electron chi connectivity index (χ4n) is 1.17. The number of hydrogen-bond acceptors (Lipinski definition) is 4. The minimum Gasteiger partial charge on any atom is -0.273 e. The molecule has 1 aromatic carbocycles. The molecule has 18 heavy (non-hydrogen) atoms. The van der Waals surface area contributed by atoms with E-state index < -0.39 is 11.1 Å². The topological polar surface area (TPSA) is 55.8 Å². The van der Waals surface area contributed by atoms with E-state index in [1.807, 2.05) is 13.0 Å². The molecule has 1 atom stereocenters. The maximum Gasteiger partial charge on any atom is 0.248 e. The Morgan fingerprint density at radius 1 is 1.33 bits per heavy atom. The van der Waals surface area contributed by atoms with Crippen LogP contribution in [-0.2, 0) is 25.2 Å². The second kappa shape index (κ2) is 7.97. The van der Waals surface area contributed by atoms with Gasteiger partial charge in [-0.05, 0) is 18.6 Å². The van der Waals surface area contributed by atoms with Crippen LogP contribution >= 0.6 is 0 Å². The standard InChI is InChI=1S/C12H17NO4S/c1-3-4-10-12(14)13(2)16-17-18(15)11-8-6-5-7-9-11/h5-9H,3-4,10H2,1-2H3. The van der Waals surface area contributed by atoms with Crippen LogP contribution < -0.4 is 0 Å². The third kappa shape index (κ3) is 4.95. The number of benzene rings is 1. The van der Waals surface area contributed by atoms with Gasteiger partial charge in [0, 0.05) is 13.5 Å². The number of nitrogens with zero attached hydrogens (tertiary/aromatic N) is 1. The van der Waals surface area contributed by atoms with Crippen molar-refractivity contribution in [1.82, 2.24) is 5.06 Å². The molecular weight excluding hydrogens is 254 g/mol. The lowest BCUT2D eigenvalue weighted by atomic mass is 10.2. The zero-order valence-electron chi connectivity index (χ0n) is 10.5. The second-order valence-corrected chi connectivity index (χ2v) is 4.76. The van der Waals surface area contributed by atoms with E-state index in [-0.39, 0.29) is 5.91 Å². The lowest BCUT2D eigenvalue weighted by Gasteiger charge is -2.13. The third-order valence-corrected chi connectivity index (χ3v) is 3.08. The van der Waals surface area contributed by atoms with Crippen LogP contribution in [0.1, 0.15) is 26.2 Å². The van der Waals surface area contributed by atoms with Crippen LogP contribution in [0.25, 0.3) is 0 Å². The van der Waals surface area contributed by atoms with Gasteiger partial charge in [0.1, 0.15) is 0 Å². The molecule has 0 spiro atoms. The summed E-state index contributed by atoms with van der Waals surface area (Å²) in [5, 5.41) is 0.955. The molecule has 5 nitrogen and oxygen atoms in total. The molecule has 100 valence electrons. The maximum absolute atomic E-state index is 11.6. The molecule has 0 N–H and O–H groups in total. The summed E-state index contributed by atoms with van der Waals surface area (Å²) < 4.78 is 16.3. The highest BCUT2D eigenvalue weighted by Crippen LogP contribution is 2.08. The molecule has 0 aliphatic carbocycles. The number of hydrogen-bond donors (Lipinski definition) is 0. The molecule has 1 rings (SSSR count). The average molecular weight is 271 g/mol. The van der Waals surface area contributed by atoms with E-state index in [0.717, 1.165) is 17.9 Å². The maximum atomic E-state index is 11.6. The number of carbonyl (C=O) groups is 1. The Morgan fingerprint density at radius 2 is 2.00 bits per heavy atom. The van der Waals surface area contributed by atoms with Crippen molar-refractivity contribution in [3.8, 4) is 0 Å². The van der Waals surface area contributed by atoms with Gasteiger partial charge in [-0.1, -0.05) is 36.5 Å².